The third kappa shape index (κ3) is 3.93. The van der Waals surface area contributed by atoms with E-state index < -0.39 is 0 Å². The number of halogens is 1. The molecule has 2 fully saturated rings. The van der Waals surface area contributed by atoms with Gasteiger partial charge in [-0.1, -0.05) is 6.42 Å². The van der Waals surface area contributed by atoms with Crippen molar-refractivity contribution in [3.8, 4) is 0 Å². The van der Waals surface area contributed by atoms with Crippen LogP contribution in [-0.2, 0) is 0 Å². The van der Waals surface area contributed by atoms with Gasteiger partial charge >= 0.3 is 0 Å². The van der Waals surface area contributed by atoms with Crippen molar-refractivity contribution in [3.05, 3.63) is 35.6 Å². The van der Waals surface area contributed by atoms with Crippen molar-refractivity contribution in [1.29, 1.82) is 0 Å². The van der Waals surface area contributed by atoms with Crippen molar-refractivity contribution in [2.24, 2.45) is 0 Å². The third-order valence-corrected chi connectivity index (χ3v) is 4.97. The second-order valence-electron chi connectivity index (χ2n) is 6.52. The average molecular weight is 304 g/mol. The fraction of sp³-hybridized carbons (Fsp3) is 0.611. The number of piperazine rings is 1. The predicted molar refractivity (Wildman–Crippen MR) is 85.6 cm³/mol. The summed E-state index contributed by atoms with van der Waals surface area (Å²) in [7, 11) is 0. The number of Topliss-reactive ketones (excluding diaryl/α,β-unsaturated/α-hetero) is 1. The summed E-state index contributed by atoms with van der Waals surface area (Å²) in [6, 6.07) is 6.61. The number of nitrogens with zero attached hydrogens (tertiary/aromatic N) is 2. The molecule has 3 nitrogen and oxygen atoms in total. The van der Waals surface area contributed by atoms with Crippen LogP contribution < -0.4 is 0 Å². The highest BCUT2D eigenvalue weighted by molar-refractivity contribution is 5.95. The molecule has 0 aliphatic carbocycles. The molecular weight excluding hydrogens is 279 g/mol. The zero-order valence-corrected chi connectivity index (χ0v) is 13.1. The molecule has 2 aliphatic rings. The number of benzene rings is 1. The molecule has 0 spiro atoms. The van der Waals surface area contributed by atoms with E-state index in [-0.39, 0.29) is 11.6 Å². The minimum atomic E-state index is -0.290. The molecule has 120 valence electrons. The monoisotopic (exact) mass is 304 g/mol. The van der Waals surface area contributed by atoms with Gasteiger partial charge in [-0.3, -0.25) is 9.69 Å². The average Bonchev–Trinajstić information content (AvgIpc) is 2.55. The Morgan fingerprint density at radius 3 is 2.77 bits per heavy atom. The molecule has 1 atom stereocenters. The van der Waals surface area contributed by atoms with E-state index in [0.717, 1.165) is 32.1 Å². The molecule has 0 bridgehead atoms. The summed E-state index contributed by atoms with van der Waals surface area (Å²) in [6.45, 7) is 5.72. The Kier molecular flexibility index (Phi) is 5.21. The maximum absolute atomic E-state index is 12.9. The topological polar surface area (TPSA) is 23.6 Å². The van der Waals surface area contributed by atoms with Crippen LogP contribution in [0.1, 0.15) is 42.5 Å². The van der Waals surface area contributed by atoms with E-state index in [9.17, 15) is 9.18 Å². The Morgan fingerprint density at radius 1 is 1.14 bits per heavy atom. The standard InChI is InChI=1S/C18H25FN2O/c19-16-8-6-15(7-9-16)18(22)5-3-10-20-12-13-21-11-2-1-4-17(21)14-20/h6-9,17H,1-5,10-14H2. The Morgan fingerprint density at radius 2 is 1.95 bits per heavy atom. The lowest BCUT2D eigenvalue weighted by Crippen LogP contribution is -2.54. The lowest BCUT2D eigenvalue weighted by atomic mass is 9.99. The lowest BCUT2D eigenvalue weighted by molar-refractivity contribution is 0.0485. The van der Waals surface area contributed by atoms with Crippen LogP contribution in [0.15, 0.2) is 24.3 Å². The molecule has 0 N–H and O–H groups in total. The maximum atomic E-state index is 12.9. The summed E-state index contributed by atoms with van der Waals surface area (Å²) in [5.41, 5.74) is 0.624. The number of carbonyl (C=O) groups excluding carboxylic acids is 1. The van der Waals surface area contributed by atoms with Crippen LogP contribution in [0, 0.1) is 5.82 Å². The first kappa shape index (κ1) is 15.6. The molecule has 1 aromatic carbocycles. The van der Waals surface area contributed by atoms with Crippen LogP contribution in [0.5, 0.6) is 0 Å². The molecule has 2 aliphatic heterocycles. The first-order chi connectivity index (χ1) is 10.7. The van der Waals surface area contributed by atoms with Crippen molar-refractivity contribution >= 4 is 5.78 Å². The van der Waals surface area contributed by atoms with E-state index in [0.29, 0.717) is 12.0 Å². The highest BCUT2D eigenvalue weighted by Crippen LogP contribution is 2.21. The molecule has 0 saturated carbocycles. The normalized spacial score (nSPS) is 23.2. The van der Waals surface area contributed by atoms with Gasteiger partial charge in [-0.15, -0.1) is 0 Å². The molecule has 0 radical (unpaired) electrons. The van der Waals surface area contributed by atoms with Crippen molar-refractivity contribution in [2.75, 3.05) is 32.7 Å². The van der Waals surface area contributed by atoms with Gasteiger partial charge < -0.3 is 4.90 Å². The second kappa shape index (κ2) is 7.34. The first-order valence-corrected chi connectivity index (χ1v) is 8.47. The quantitative estimate of drug-likeness (QED) is 0.781. The Hall–Kier alpha value is -1.26. The fourth-order valence-electron chi connectivity index (χ4n) is 3.67. The SMILES string of the molecule is O=C(CCCN1CCN2CCCCC2C1)c1ccc(F)cc1. The Balaban J connectivity index is 1.41. The molecular formula is C18H25FN2O. The third-order valence-electron chi connectivity index (χ3n) is 4.97. The molecule has 0 amide bonds. The highest BCUT2D eigenvalue weighted by Gasteiger charge is 2.28. The number of carbonyl (C=O) groups is 1. The van der Waals surface area contributed by atoms with Crippen LogP contribution in [-0.4, -0.2) is 54.3 Å². The zero-order valence-electron chi connectivity index (χ0n) is 13.1. The molecule has 2 heterocycles. The van der Waals surface area contributed by atoms with E-state index in [2.05, 4.69) is 9.80 Å². The zero-order chi connectivity index (χ0) is 15.4. The van der Waals surface area contributed by atoms with Crippen LogP contribution >= 0.6 is 0 Å². The summed E-state index contributed by atoms with van der Waals surface area (Å²) in [5, 5.41) is 0. The van der Waals surface area contributed by atoms with E-state index in [1.165, 1.54) is 44.5 Å². The van der Waals surface area contributed by atoms with Crippen molar-refractivity contribution < 1.29 is 9.18 Å². The van der Waals surface area contributed by atoms with Crippen LogP contribution in [0.4, 0.5) is 4.39 Å². The summed E-state index contributed by atoms with van der Waals surface area (Å²) in [6.07, 6.45) is 5.48. The van der Waals surface area contributed by atoms with Crippen molar-refractivity contribution in [2.45, 2.75) is 38.1 Å². The van der Waals surface area contributed by atoms with Gasteiger partial charge in [-0.05, 0) is 56.6 Å². The second-order valence-corrected chi connectivity index (χ2v) is 6.52. The summed E-state index contributed by atoms with van der Waals surface area (Å²) >= 11 is 0. The van der Waals surface area contributed by atoms with E-state index in [1.54, 1.807) is 12.1 Å². The predicted octanol–water partition coefficient (Wildman–Crippen LogP) is 2.96. The lowest BCUT2D eigenvalue weighted by Gasteiger charge is -2.44. The van der Waals surface area contributed by atoms with Gasteiger partial charge in [0, 0.05) is 37.7 Å². The van der Waals surface area contributed by atoms with Gasteiger partial charge in [0.15, 0.2) is 5.78 Å². The van der Waals surface area contributed by atoms with Gasteiger partial charge in [-0.25, -0.2) is 4.39 Å². The molecule has 1 unspecified atom stereocenters. The summed E-state index contributed by atoms with van der Waals surface area (Å²) in [5.74, 6) is -0.168. The minimum Gasteiger partial charge on any atom is -0.300 e. The summed E-state index contributed by atoms with van der Waals surface area (Å²) < 4.78 is 12.9. The van der Waals surface area contributed by atoms with Gasteiger partial charge in [0.2, 0.25) is 0 Å². The van der Waals surface area contributed by atoms with Crippen LogP contribution in [0.25, 0.3) is 0 Å². The minimum absolute atomic E-state index is 0.122. The summed E-state index contributed by atoms with van der Waals surface area (Å²) in [4.78, 5) is 17.2. The largest absolute Gasteiger partial charge is 0.300 e. The molecule has 3 rings (SSSR count). The van der Waals surface area contributed by atoms with Gasteiger partial charge in [-0.2, -0.15) is 0 Å². The smallest absolute Gasteiger partial charge is 0.162 e. The van der Waals surface area contributed by atoms with Crippen LogP contribution in [0.3, 0.4) is 0 Å². The van der Waals surface area contributed by atoms with E-state index in [1.807, 2.05) is 0 Å². The number of piperidine rings is 1. The van der Waals surface area contributed by atoms with Gasteiger partial charge in [0.1, 0.15) is 5.82 Å². The first-order valence-electron chi connectivity index (χ1n) is 8.47. The number of ketones is 1. The van der Waals surface area contributed by atoms with E-state index >= 15 is 0 Å². The van der Waals surface area contributed by atoms with Crippen LogP contribution in [0.2, 0.25) is 0 Å². The van der Waals surface area contributed by atoms with Gasteiger partial charge in [0.05, 0.1) is 0 Å². The maximum Gasteiger partial charge on any atom is 0.162 e. The molecule has 4 heteroatoms. The van der Waals surface area contributed by atoms with Crippen molar-refractivity contribution in [3.63, 3.8) is 0 Å². The number of fused-ring (bicyclic) bond motifs is 1. The molecule has 1 aromatic rings. The number of rotatable bonds is 5. The molecule has 2 saturated heterocycles. The number of hydrogen-bond donors (Lipinski definition) is 0. The molecule has 0 aromatic heterocycles. The number of hydrogen-bond acceptors (Lipinski definition) is 3. The highest BCUT2D eigenvalue weighted by atomic mass is 19.1. The Labute approximate surface area is 132 Å². The molecule has 22 heavy (non-hydrogen) atoms. The fourth-order valence-corrected chi connectivity index (χ4v) is 3.67. The van der Waals surface area contributed by atoms with Gasteiger partial charge in [0.25, 0.3) is 0 Å². The van der Waals surface area contributed by atoms with Crippen molar-refractivity contribution in [1.82, 2.24) is 9.80 Å². The Bertz CT molecular complexity index is 502. The van der Waals surface area contributed by atoms with E-state index in [4.69, 9.17) is 0 Å².